The van der Waals surface area contributed by atoms with Crippen LogP contribution in [-0.2, 0) is 5.41 Å². The molecule has 2 nitrogen and oxygen atoms in total. The van der Waals surface area contributed by atoms with E-state index in [2.05, 4.69) is 0 Å². The van der Waals surface area contributed by atoms with Crippen LogP contribution in [0.15, 0.2) is 18.2 Å². The van der Waals surface area contributed by atoms with Gasteiger partial charge in [0.05, 0.1) is 6.10 Å². The number of aliphatic hydroxyl groups is 1. The van der Waals surface area contributed by atoms with E-state index in [0.717, 1.165) is 0 Å². The van der Waals surface area contributed by atoms with Gasteiger partial charge in [-0.25, -0.2) is 8.78 Å². The highest BCUT2D eigenvalue weighted by Gasteiger charge is 2.39. The van der Waals surface area contributed by atoms with Crippen molar-refractivity contribution in [3.8, 4) is 0 Å². The van der Waals surface area contributed by atoms with Crippen LogP contribution in [0.1, 0.15) is 31.2 Å². The normalized spacial score (nSPS) is 29.3. The molecular formula is C13H17F2NO. The summed E-state index contributed by atoms with van der Waals surface area (Å²) in [6.07, 6.45) is 1.78. The summed E-state index contributed by atoms with van der Waals surface area (Å²) < 4.78 is 27.6. The molecule has 0 atom stereocenters. The van der Waals surface area contributed by atoms with Gasteiger partial charge >= 0.3 is 0 Å². The molecule has 0 aromatic heterocycles. The molecule has 1 saturated carbocycles. The van der Waals surface area contributed by atoms with Crippen molar-refractivity contribution in [2.75, 3.05) is 6.54 Å². The predicted octanol–water partition coefficient (Wildman–Crippen LogP) is 2.10. The summed E-state index contributed by atoms with van der Waals surface area (Å²) in [7, 11) is 0. The van der Waals surface area contributed by atoms with Gasteiger partial charge in [0.1, 0.15) is 11.6 Å². The summed E-state index contributed by atoms with van der Waals surface area (Å²) in [5.41, 5.74) is 5.17. The SMILES string of the molecule is NCC1(c2c(F)cccc2F)CCC(O)CC1. The maximum atomic E-state index is 13.8. The van der Waals surface area contributed by atoms with Gasteiger partial charge in [-0.3, -0.25) is 0 Å². The lowest BCUT2D eigenvalue weighted by Gasteiger charge is -2.38. The van der Waals surface area contributed by atoms with E-state index in [1.54, 1.807) is 0 Å². The number of hydrogen-bond donors (Lipinski definition) is 2. The molecule has 3 N–H and O–H groups in total. The van der Waals surface area contributed by atoms with Crippen LogP contribution in [0.25, 0.3) is 0 Å². The number of hydrogen-bond acceptors (Lipinski definition) is 2. The van der Waals surface area contributed by atoms with E-state index in [9.17, 15) is 13.9 Å². The van der Waals surface area contributed by atoms with Crippen molar-refractivity contribution in [1.82, 2.24) is 0 Å². The van der Waals surface area contributed by atoms with Crippen LogP contribution in [0.3, 0.4) is 0 Å². The Kier molecular flexibility index (Phi) is 3.45. The quantitative estimate of drug-likeness (QED) is 0.833. The summed E-state index contributed by atoms with van der Waals surface area (Å²) >= 11 is 0. The Morgan fingerprint density at radius 1 is 1.24 bits per heavy atom. The first-order chi connectivity index (χ1) is 8.09. The Labute approximate surface area is 99.4 Å². The van der Waals surface area contributed by atoms with Gasteiger partial charge in [0.15, 0.2) is 0 Å². The first kappa shape index (κ1) is 12.5. The van der Waals surface area contributed by atoms with Gasteiger partial charge in [-0.15, -0.1) is 0 Å². The first-order valence-corrected chi connectivity index (χ1v) is 5.92. The summed E-state index contributed by atoms with van der Waals surface area (Å²) in [4.78, 5) is 0. The van der Waals surface area contributed by atoms with Gasteiger partial charge in [0.25, 0.3) is 0 Å². The second-order valence-electron chi connectivity index (χ2n) is 4.81. The standard InChI is InChI=1S/C13H17F2NO/c14-10-2-1-3-11(15)12(10)13(8-16)6-4-9(17)5-7-13/h1-3,9,17H,4-8,16H2. The third kappa shape index (κ3) is 2.19. The molecule has 4 heteroatoms. The zero-order valence-electron chi connectivity index (χ0n) is 9.63. The third-order valence-corrected chi connectivity index (χ3v) is 3.80. The highest BCUT2D eigenvalue weighted by molar-refractivity contribution is 5.30. The minimum atomic E-state index is -0.658. The maximum absolute atomic E-state index is 13.8. The number of benzene rings is 1. The lowest BCUT2D eigenvalue weighted by molar-refractivity contribution is 0.0950. The minimum Gasteiger partial charge on any atom is -0.393 e. The van der Waals surface area contributed by atoms with Crippen LogP contribution in [0.5, 0.6) is 0 Å². The number of aliphatic hydroxyl groups excluding tert-OH is 1. The molecule has 1 aromatic rings. The molecule has 1 fully saturated rings. The smallest absolute Gasteiger partial charge is 0.129 e. The fraction of sp³-hybridized carbons (Fsp3) is 0.538. The van der Waals surface area contributed by atoms with E-state index >= 15 is 0 Å². The monoisotopic (exact) mass is 241 g/mol. The van der Waals surface area contributed by atoms with Gasteiger partial charge in [-0.1, -0.05) is 6.07 Å². The average molecular weight is 241 g/mol. The summed E-state index contributed by atoms with van der Waals surface area (Å²) in [6, 6.07) is 3.89. The fourth-order valence-corrected chi connectivity index (χ4v) is 2.72. The molecule has 2 rings (SSSR count). The number of halogens is 2. The first-order valence-electron chi connectivity index (χ1n) is 5.92. The number of nitrogens with two attached hydrogens (primary N) is 1. The topological polar surface area (TPSA) is 46.2 Å². The average Bonchev–Trinajstić information content (AvgIpc) is 2.32. The molecule has 94 valence electrons. The van der Waals surface area contributed by atoms with E-state index in [1.165, 1.54) is 18.2 Å². The van der Waals surface area contributed by atoms with Gasteiger partial charge in [-0.2, -0.15) is 0 Å². The summed E-state index contributed by atoms with van der Waals surface area (Å²) in [5.74, 6) is -1.07. The largest absolute Gasteiger partial charge is 0.393 e. The van der Waals surface area contributed by atoms with Crippen LogP contribution < -0.4 is 5.73 Å². The molecule has 0 aliphatic heterocycles. The molecule has 0 bridgehead atoms. The molecule has 1 aliphatic carbocycles. The molecule has 0 unspecified atom stereocenters. The van der Waals surface area contributed by atoms with Crippen molar-refractivity contribution >= 4 is 0 Å². The predicted molar refractivity (Wildman–Crippen MR) is 61.6 cm³/mol. The summed E-state index contributed by atoms with van der Waals surface area (Å²) in [6.45, 7) is 0.206. The van der Waals surface area contributed by atoms with Crippen molar-refractivity contribution in [2.24, 2.45) is 5.73 Å². The van der Waals surface area contributed by atoms with Crippen LogP contribution in [-0.4, -0.2) is 17.8 Å². The third-order valence-electron chi connectivity index (χ3n) is 3.80. The maximum Gasteiger partial charge on any atom is 0.129 e. The molecule has 0 amide bonds. The lowest BCUT2D eigenvalue weighted by Crippen LogP contribution is -2.41. The number of rotatable bonds is 2. The Morgan fingerprint density at radius 2 is 1.76 bits per heavy atom. The van der Waals surface area contributed by atoms with Crippen LogP contribution in [0.4, 0.5) is 8.78 Å². The fourth-order valence-electron chi connectivity index (χ4n) is 2.72. The Morgan fingerprint density at radius 3 is 2.24 bits per heavy atom. The van der Waals surface area contributed by atoms with Crippen molar-refractivity contribution in [2.45, 2.75) is 37.2 Å². The van der Waals surface area contributed by atoms with E-state index < -0.39 is 17.0 Å². The van der Waals surface area contributed by atoms with Gasteiger partial charge < -0.3 is 10.8 Å². The molecule has 1 aromatic carbocycles. The zero-order valence-corrected chi connectivity index (χ0v) is 9.63. The van der Waals surface area contributed by atoms with E-state index in [0.29, 0.717) is 25.7 Å². The van der Waals surface area contributed by atoms with Crippen LogP contribution in [0.2, 0.25) is 0 Å². The minimum absolute atomic E-state index is 0.0920. The van der Waals surface area contributed by atoms with Crippen molar-refractivity contribution in [3.63, 3.8) is 0 Å². The molecular weight excluding hydrogens is 224 g/mol. The van der Waals surface area contributed by atoms with Crippen LogP contribution >= 0.6 is 0 Å². The highest BCUT2D eigenvalue weighted by Crippen LogP contribution is 2.40. The molecule has 1 aliphatic rings. The highest BCUT2D eigenvalue weighted by atomic mass is 19.1. The van der Waals surface area contributed by atoms with E-state index in [-0.39, 0.29) is 18.2 Å². The second kappa shape index (κ2) is 4.70. The van der Waals surface area contributed by atoms with Crippen molar-refractivity contribution in [1.29, 1.82) is 0 Å². The second-order valence-corrected chi connectivity index (χ2v) is 4.81. The Hall–Kier alpha value is -1.00. The van der Waals surface area contributed by atoms with Crippen molar-refractivity contribution in [3.05, 3.63) is 35.4 Å². The zero-order chi connectivity index (χ0) is 12.5. The van der Waals surface area contributed by atoms with Gasteiger partial charge in [0, 0.05) is 17.5 Å². The van der Waals surface area contributed by atoms with Crippen LogP contribution in [0, 0.1) is 11.6 Å². The van der Waals surface area contributed by atoms with Gasteiger partial charge in [0.2, 0.25) is 0 Å². The molecule has 0 heterocycles. The Bertz CT molecular complexity index is 380. The van der Waals surface area contributed by atoms with E-state index in [4.69, 9.17) is 5.73 Å². The van der Waals surface area contributed by atoms with E-state index in [1.807, 2.05) is 0 Å². The van der Waals surface area contributed by atoms with Gasteiger partial charge in [-0.05, 0) is 37.8 Å². The lowest BCUT2D eigenvalue weighted by atomic mass is 9.68. The molecule has 0 radical (unpaired) electrons. The Balaban J connectivity index is 2.41. The summed E-state index contributed by atoms with van der Waals surface area (Å²) in [5, 5.41) is 9.49. The molecule has 17 heavy (non-hydrogen) atoms. The molecule has 0 saturated heterocycles. The van der Waals surface area contributed by atoms with Crippen molar-refractivity contribution < 1.29 is 13.9 Å². The molecule has 0 spiro atoms.